The number of ether oxygens (including phenoxy) is 1. The van der Waals surface area contributed by atoms with Crippen molar-refractivity contribution in [3.8, 4) is 11.8 Å². The molecule has 1 aromatic carbocycles. The molecule has 0 radical (unpaired) electrons. The largest absolute Gasteiger partial charge is 0.465 e. The Morgan fingerprint density at radius 2 is 2.06 bits per heavy atom. The average molecular weight is 232 g/mol. The summed E-state index contributed by atoms with van der Waals surface area (Å²) in [4.78, 5) is 11.6. The van der Waals surface area contributed by atoms with Gasteiger partial charge in [0.2, 0.25) is 0 Å². The van der Waals surface area contributed by atoms with Gasteiger partial charge in [-0.1, -0.05) is 24.0 Å². The molecule has 0 aromatic heterocycles. The Morgan fingerprint density at radius 1 is 1.41 bits per heavy atom. The van der Waals surface area contributed by atoms with Crippen molar-refractivity contribution in [2.75, 3.05) is 7.11 Å². The van der Waals surface area contributed by atoms with Crippen molar-refractivity contribution in [1.82, 2.24) is 0 Å². The monoisotopic (exact) mass is 232 g/mol. The smallest absolute Gasteiger partial charge is 0.339 e. The molecule has 0 heterocycles. The Hall–Kier alpha value is -1.79. The highest BCUT2D eigenvalue weighted by atomic mass is 16.5. The first-order valence-corrected chi connectivity index (χ1v) is 5.28. The summed E-state index contributed by atoms with van der Waals surface area (Å²) in [6, 6.07) is 5.30. The van der Waals surface area contributed by atoms with Gasteiger partial charge < -0.3 is 9.84 Å². The number of carbonyl (C=O) groups is 1. The van der Waals surface area contributed by atoms with E-state index in [-0.39, 0.29) is 0 Å². The second-order valence-corrected chi connectivity index (χ2v) is 4.30. The molecule has 0 fully saturated rings. The van der Waals surface area contributed by atoms with Gasteiger partial charge in [0.1, 0.15) is 5.60 Å². The maximum Gasteiger partial charge on any atom is 0.339 e. The number of benzene rings is 1. The molecule has 0 spiro atoms. The van der Waals surface area contributed by atoms with E-state index >= 15 is 0 Å². The molecule has 0 saturated carbocycles. The summed E-state index contributed by atoms with van der Waals surface area (Å²) in [6.07, 6.45) is 0. The van der Waals surface area contributed by atoms with Gasteiger partial charge in [0, 0.05) is 5.56 Å². The fourth-order valence-electron chi connectivity index (χ4n) is 1.33. The molecule has 0 bridgehead atoms. The van der Waals surface area contributed by atoms with E-state index in [0.717, 1.165) is 5.56 Å². The van der Waals surface area contributed by atoms with Crippen molar-refractivity contribution < 1.29 is 14.6 Å². The number of esters is 1. The molecule has 0 aliphatic rings. The van der Waals surface area contributed by atoms with E-state index in [1.165, 1.54) is 7.11 Å². The minimum atomic E-state index is -1.09. The third-order valence-electron chi connectivity index (χ3n) is 2.17. The SMILES string of the molecule is COC(=O)c1cccc(C)c1C#CC(C)(C)O. The van der Waals surface area contributed by atoms with Gasteiger partial charge in [-0.2, -0.15) is 0 Å². The third kappa shape index (κ3) is 3.61. The topological polar surface area (TPSA) is 46.5 Å². The van der Waals surface area contributed by atoms with Crippen molar-refractivity contribution in [2.45, 2.75) is 26.4 Å². The molecular weight excluding hydrogens is 216 g/mol. The molecule has 3 heteroatoms. The Morgan fingerprint density at radius 3 is 2.59 bits per heavy atom. The maximum atomic E-state index is 11.6. The Balaban J connectivity index is 3.30. The van der Waals surface area contributed by atoms with Crippen LogP contribution in [-0.4, -0.2) is 23.8 Å². The van der Waals surface area contributed by atoms with Crippen molar-refractivity contribution in [3.63, 3.8) is 0 Å². The molecule has 0 amide bonds. The number of methoxy groups -OCH3 is 1. The normalized spacial score (nSPS) is 10.4. The lowest BCUT2D eigenvalue weighted by molar-refractivity contribution is 0.0600. The first kappa shape index (κ1) is 13.3. The fourth-order valence-corrected chi connectivity index (χ4v) is 1.33. The Labute approximate surface area is 101 Å². The van der Waals surface area contributed by atoms with Gasteiger partial charge in [-0.15, -0.1) is 0 Å². The van der Waals surface area contributed by atoms with Crippen LogP contribution >= 0.6 is 0 Å². The molecule has 0 atom stereocenters. The lowest BCUT2D eigenvalue weighted by Crippen LogP contribution is -2.15. The molecule has 90 valence electrons. The first-order valence-electron chi connectivity index (χ1n) is 5.28. The number of hydrogen-bond donors (Lipinski definition) is 1. The quantitative estimate of drug-likeness (QED) is 0.594. The van der Waals surface area contributed by atoms with Crippen molar-refractivity contribution in [2.24, 2.45) is 0 Å². The fraction of sp³-hybridized carbons (Fsp3) is 0.357. The van der Waals surface area contributed by atoms with Crippen LogP contribution in [0.4, 0.5) is 0 Å². The van der Waals surface area contributed by atoms with Crippen LogP contribution in [0.2, 0.25) is 0 Å². The number of rotatable bonds is 1. The van der Waals surface area contributed by atoms with Crippen LogP contribution < -0.4 is 0 Å². The van der Waals surface area contributed by atoms with E-state index in [4.69, 9.17) is 4.74 Å². The van der Waals surface area contributed by atoms with Crippen LogP contribution in [0.25, 0.3) is 0 Å². The molecular formula is C14H16O3. The van der Waals surface area contributed by atoms with Crippen molar-refractivity contribution in [1.29, 1.82) is 0 Å². The number of aliphatic hydroxyl groups is 1. The van der Waals surface area contributed by atoms with Crippen LogP contribution in [0.15, 0.2) is 18.2 Å². The van der Waals surface area contributed by atoms with Gasteiger partial charge in [-0.3, -0.25) is 0 Å². The van der Waals surface area contributed by atoms with Crippen LogP contribution in [-0.2, 0) is 4.74 Å². The average Bonchev–Trinajstić information content (AvgIpc) is 2.25. The predicted molar refractivity (Wildman–Crippen MR) is 65.7 cm³/mol. The zero-order chi connectivity index (χ0) is 13.1. The van der Waals surface area contributed by atoms with Gasteiger partial charge in [-0.05, 0) is 32.4 Å². The Bertz CT molecular complexity index is 484. The third-order valence-corrected chi connectivity index (χ3v) is 2.17. The maximum absolute atomic E-state index is 11.6. The van der Waals surface area contributed by atoms with E-state index in [9.17, 15) is 9.90 Å². The second-order valence-electron chi connectivity index (χ2n) is 4.30. The van der Waals surface area contributed by atoms with Crippen LogP contribution in [0.3, 0.4) is 0 Å². The minimum Gasteiger partial charge on any atom is -0.465 e. The van der Waals surface area contributed by atoms with E-state index < -0.39 is 11.6 Å². The van der Waals surface area contributed by atoms with Gasteiger partial charge in [0.25, 0.3) is 0 Å². The molecule has 17 heavy (non-hydrogen) atoms. The Kier molecular flexibility index (Phi) is 3.93. The number of hydrogen-bond acceptors (Lipinski definition) is 3. The van der Waals surface area contributed by atoms with E-state index in [0.29, 0.717) is 11.1 Å². The first-order chi connectivity index (χ1) is 7.85. The van der Waals surface area contributed by atoms with E-state index in [1.54, 1.807) is 26.0 Å². The molecule has 1 N–H and O–H groups in total. The molecule has 3 nitrogen and oxygen atoms in total. The molecule has 0 aliphatic heterocycles. The van der Waals surface area contributed by atoms with Crippen LogP contribution in [0.5, 0.6) is 0 Å². The highest BCUT2D eigenvalue weighted by molar-refractivity contribution is 5.92. The summed E-state index contributed by atoms with van der Waals surface area (Å²) < 4.78 is 4.69. The van der Waals surface area contributed by atoms with Gasteiger partial charge in [-0.25, -0.2) is 4.79 Å². The van der Waals surface area contributed by atoms with Gasteiger partial charge >= 0.3 is 5.97 Å². The molecule has 0 saturated heterocycles. The summed E-state index contributed by atoms with van der Waals surface area (Å²) in [5.41, 5.74) is 0.811. The summed E-state index contributed by atoms with van der Waals surface area (Å²) in [5, 5.41) is 9.57. The van der Waals surface area contributed by atoms with Crippen LogP contribution in [0.1, 0.15) is 35.3 Å². The van der Waals surface area contributed by atoms with Crippen molar-refractivity contribution in [3.05, 3.63) is 34.9 Å². The summed E-state index contributed by atoms with van der Waals surface area (Å²) in [7, 11) is 1.33. The zero-order valence-corrected chi connectivity index (χ0v) is 10.5. The molecule has 1 aromatic rings. The molecule has 0 unspecified atom stereocenters. The molecule has 0 aliphatic carbocycles. The second kappa shape index (κ2) is 5.03. The standard InChI is InChI=1S/C14H16O3/c1-10-6-5-7-12(13(15)17-4)11(10)8-9-14(2,3)16/h5-7,16H,1-4H3. The number of aryl methyl sites for hydroxylation is 1. The zero-order valence-electron chi connectivity index (χ0n) is 10.5. The number of carbonyl (C=O) groups excluding carboxylic acids is 1. The predicted octanol–water partition coefficient (Wildman–Crippen LogP) is 1.90. The lowest BCUT2D eigenvalue weighted by Gasteiger charge is -2.08. The summed E-state index contributed by atoms with van der Waals surface area (Å²) in [5.74, 6) is 5.11. The minimum absolute atomic E-state index is 0.421. The van der Waals surface area contributed by atoms with Gasteiger partial charge in [0.05, 0.1) is 12.7 Å². The summed E-state index contributed by atoms with van der Waals surface area (Å²) >= 11 is 0. The van der Waals surface area contributed by atoms with Crippen molar-refractivity contribution >= 4 is 5.97 Å². The lowest BCUT2D eigenvalue weighted by atomic mass is 10.0. The highest BCUT2D eigenvalue weighted by Crippen LogP contribution is 2.14. The summed E-state index contributed by atoms with van der Waals surface area (Å²) in [6.45, 7) is 5.05. The van der Waals surface area contributed by atoms with Crippen LogP contribution in [0, 0.1) is 18.8 Å². The van der Waals surface area contributed by atoms with Gasteiger partial charge in [0.15, 0.2) is 0 Å². The van der Waals surface area contributed by atoms with E-state index in [2.05, 4.69) is 11.8 Å². The highest BCUT2D eigenvalue weighted by Gasteiger charge is 2.13. The van der Waals surface area contributed by atoms with E-state index in [1.807, 2.05) is 13.0 Å². The molecule has 1 rings (SSSR count).